The Bertz CT molecular complexity index is 504. The second-order valence-corrected chi connectivity index (χ2v) is 3.25. The fourth-order valence-electron chi connectivity index (χ4n) is 0.789. The summed E-state index contributed by atoms with van der Waals surface area (Å²) in [5.74, 6) is 0.117. The molecule has 0 aliphatic heterocycles. The standard InChI is InChI=1S/C8H4N6S/c9-1-2-15-8-6(4-11)13-5(3-10)7(12)14-8/h2H2,(H2,12,14). The summed E-state index contributed by atoms with van der Waals surface area (Å²) in [4.78, 5) is 7.56. The maximum Gasteiger partial charge on any atom is 0.184 e. The van der Waals surface area contributed by atoms with Crippen molar-refractivity contribution < 1.29 is 0 Å². The van der Waals surface area contributed by atoms with Gasteiger partial charge in [-0.05, 0) is 0 Å². The van der Waals surface area contributed by atoms with Gasteiger partial charge in [-0.1, -0.05) is 11.8 Å². The molecule has 1 aromatic heterocycles. The van der Waals surface area contributed by atoms with E-state index in [2.05, 4.69) is 9.97 Å². The summed E-state index contributed by atoms with van der Waals surface area (Å²) in [6, 6.07) is 5.42. The van der Waals surface area contributed by atoms with Crippen LogP contribution in [0.3, 0.4) is 0 Å². The van der Waals surface area contributed by atoms with Crippen LogP contribution >= 0.6 is 11.8 Å². The van der Waals surface area contributed by atoms with Crippen molar-refractivity contribution in [2.45, 2.75) is 5.03 Å². The maximum absolute atomic E-state index is 8.73. The first-order chi connectivity index (χ1) is 7.22. The van der Waals surface area contributed by atoms with Gasteiger partial charge in [0.1, 0.15) is 17.2 Å². The number of nitrogens with two attached hydrogens (primary N) is 1. The van der Waals surface area contributed by atoms with Crippen molar-refractivity contribution in [1.82, 2.24) is 9.97 Å². The zero-order valence-corrected chi connectivity index (χ0v) is 8.25. The number of nitriles is 3. The van der Waals surface area contributed by atoms with Crippen molar-refractivity contribution >= 4 is 17.6 Å². The molecule has 0 aliphatic carbocycles. The van der Waals surface area contributed by atoms with Gasteiger partial charge in [0.05, 0.1) is 11.8 Å². The van der Waals surface area contributed by atoms with E-state index < -0.39 is 0 Å². The first-order valence-electron chi connectivity index (χ1n) is 3.70. The zero-order valence-electron chi connectivity index (χ0n) is 7.43. The Morgan fingerprint density at radius 3 is 2.33 bits per heavy atom. The molecule has 15 heavy (non-hydrogen) atoms. The van der Waals surface area contributed by atoms with E-state index in [4.69, 9.17) is 21.5 Å². The SMILES string of the molecule is N#CCSc1nc(N)c(C#N)nc1C#N. The number of hydrogen-bond acceptors (Lipinski definition) is 7. The highest BCUT2D eigenvalue weighted by molar-refractivity contribution is 7.99. The fourth-order valence-corrected chi connectivity index (χ4v) is 1.38. The van der Waals surface area contributed by atoms with Crippen LogP contribution in [0.4, 0.5) is 5.82 Å². The highest BCUT2D eigenvalue weighted by Gasteiger charge is 2.11. The van der Waals surface area contributed by atoms with Crippen LogP contribution in [0.2, 0.25) is 0 Å². The Hall–Kier alpha value is -2.30. The second kappa shape index (κ2) is 4.80. The van der Waals surface area contributed by atoms with E-state index in [9.17, 15) is 0 Å². The summed E-state index contributed by atoms with van der Waals surface area (Å²) in [5, 5.41) is 26.0. The van der Waals surface area contributed by atoms with Crippen molar-refractivity contribution in [1.29, 1.82) is 15.8 Å². The predicted molar refractivity (Wildman–Crippen MR) is 52.2 cm³/mol. The molecule has 1 aromatic rings. The molecule has 0 spiro atoms. The van der Waals surface area contributed by atoms with Crippen molar-refractivity contribution in [3.05, 3.63) is 11.4 Å². The molecule has 2 N–H and O–H groups in total. The summed E-state index contributed by atoms with van der Waals surface area (Å²) < 4.78 is 0. The third-order valence-corrected chi connectivity index (χ3v) is 2.21. The van der Waals surface area contributed by atoms with Crippen LogP contribution in [0.5, 0.6) is 0 Å². The van der Waals surface area contributed by atoms with Crippen LogP contribution in [0, 0.1) is 34.0 Å². The Kier molecular flexibility index (Phi) is 3.45. The molecule has 0 radical (unpaired) electrons. The molecule has 1 rings (SSSR count). The predicted octanol–water partition coefficient (Wildman–Crippen LogP) is 0.418. The monoisotopic (exact) mass is 216 g/mol. The normalized spacial score (nSPS) is 8.60. The number of nitrogen functional groups attached to an aromatic ring is 1. The topological polar surface area (TPSA) is 123 Å². The van der Waals surface area contributed by atoms with E-state index in [1.165, 1.54) is 0 Å². The quantitative estimate of drug-likeness (QED) is 0.710. The van der Waals surface area contributed by atoms with E-state index in [1.807, 2.05) is 6.07 Å². The minimum Gasteiger partial charge on any atom is -0.381 e. The van der Waals surface area contributed by atoms with Crippen LogP contribution in [0.1, 0.15) is 11.4 Å². The minimum atomic E-state index is -0.0761. The largest absolute Gasteiger partial charge is 0.381 e. The first-order valence-corrected chi connectivity index (χ1v) is 4.69. The Labute approximate surface area is 90.0 Å². The molecule has 0 aliphatic rings. The van der Waals surface area contributed by atoms with E-state index in [-0.39, 0.29) is 28.0 Å². The molecule has 1 heterocycles. The van der Waals surface area contributed by atoms with E-state index >= 15 is 0 Å². The number of thioether (sulfide) groups is 1. The summed E-state index contributed by atoms with van der Waals surface area (Å²) >= 11 is 1.06. The van der Waals surface area contributed by atoms with Crippen molar-refractivity contribution in [3.63, 3.8) is 0 Å². The van der Waals surface area contributed by atoms with Gasteiger partial charge >= 0.3 is 0 Å². The lowest BCUT2D eigenvalue weighted by atomic mass is 10.4. The molecule has 0 saturated heterocycles. The Balaban J connectivity index is 3.20. The smallest absolute Gasteiger partial charge is 0.184 e. The number of rotatable bonds is 2. The molecule has 0 amide bonds. The third-order valence-electron chi connectivity index (χ3n) is 1.38. The zero-order chi connectivity index (χ0) is 11.3. The van der Waals surface area contributed by atoms with Gasteiger partial charge in [-0.25, -0.2) is 9.97 Å². The maximum atomic E-state index is 8.73. The molecule has 0 aromatic carbocycles. The van der Waals surface area contributed by atoms with Gasteiger partial charge in [0.2, 0.25) is 0 Å². The van der Waals surface area contributed by atoms with Gasteiger partial charge in [0, 0.05) is 0 Å². The van der Waals surface area contributed by atoms with E-state index in [1.54, 1.807) is 12.1 Å². The average Bonchev–Trinajstić information content (AvgIpc) is 2.26. The lowest BCUT2D eigenvalue weighted by Gasteiger charge is -2.01. The number of aromatic nitrogens is 2. The highest BCUT2D eigenvalue weighted by atomic mass is 32.2. The minimum absolute atomic E-state index is 0.0148. The van der Waals surface area contributed by atoms with Crippen LogP contribution in [-0.4, -0.2) is 15.7 Å². The Morgan fingerprint density at radius 2 is 1.80 bits per heavy atom. The van der Waals surface area contributed by atoms with Gasteiger partial charge in [-0.3, -0.25) is 0 Å². The molecular weight excluding hydrogens is 212 g/mol. The summed E-state index contributed by atoms with van der Waals surface area (Å²) in [6.45, 7) is 0. The van der Waals surface area contributed by atoms with Crippen molar-refractivity contribution in [2.24, 2.45) is 0 Å². The number of hydrogen-bond donors (Lipinski definition) is 1. The molecule has 72 valence electrons. The summed E-state index contributed by atoms with van der Waals surface area (Å²) in [5.41, 5.74) is 5.36. The van der Waals surface area contributed by atoms with Gasteiger partial charge in [-0.15, -0.1) is 0 Å². The molecule has 0 bridgehead atoms. The van der Waals surface area contributed by atoms with Crippen LogP contribution in [0.15, 0.2) is 5.03 Å². The Morgan fingerprint density at radius 1 is 1.13 bits per heavy atom. The van der Waals surface area contributed by atoms with Crippen molar-refractivity contribution in [3.8, 4) is 18.2 Å². The van der Waals surface area contributed by atoms with Crippen LogP contribution in [0.25, 0.3) is 0 Å². The number of nitrogens with zero attached hydrogens (tertiary/aromatic N) is 5. The van der Waals surface area contributed by atoms with Crippen LogP contribution < -0.4 is 5.73 Å². The second-order valence-electron chi connectivity index (χ2n) is 2.28. The first kappa shape index (κ1) is 10.8. The summed E-state index contributed by atoms with van der Waals surface area (Å²) in [7, 11) is 0. The lowest BCUT2D eigenvalue weighted by Crippen LogP contribution is -2.02. The molecule has 6 nitrogen and oxygen atoms in total. The fraction of sp³-hybridized carbons (Fsp3) is 0.125. The average molecular weight is 216 g/mol. The van der Waals surface area contributed by atoms with E-state index in [0.717, 1.165) is 11.8 Å². The van der Waals surface area contributed by atoms with Crippen LogP contribution in [-0.2, 0) is 0 Å². The lowest BCUT2D eigenvalue weighted by molar-refractivity contribution is 1.02. The molecule has 0 saturated carbocycles. The van der Waals surface area contributed by atoms with Crippen molar-refractivity contribution in [2.75, 3.05) is 11.5 Å². The number of anilines is 1. The third kappa shape index (κ3) is 2.34. The summed E-state index contributed by atoms with van der Waals surface area (Å²) in [6.07, 6.45) is 0. The van der Waals surface area contributed by atoms with Gasteiger partial charge in [-0.2, -0.15) is 15.8 Å². The van der Waals surface area contributed by atoms with Gasteiger partial charge in [0.25, 0.3) is 0 Å². The highest BCUT2D eigenvalue weighted by Crippen LogP contribution is 2.20. The van der Waals surface area contributed by atoms with E-state index in [0.29, 0.717) is 0 Å². The molecular formula is C8H4N6S. The molecule has 0 fully saturated rings. The van der Waals surface area contributed by atoms with Gasteiger partial charge in [0.15, 0.2) is 17.2 Å². The van der Waals surface area contributed by atoms with Gasteiger partial charge < -0.3 is 5.73 Å². The molecule has 7 heteroatoms. The molecule has 0 atom stereocenters. The molecule has 0 unspecified atom stereocenters.